The molecule has 1 N–H and O–H groups in total. The first-order chi connectivity index (χ1) is 11.7. The number of amides is 1. The molecule has 3 rings (SSSR count). The molecule has 0 unspecified atom stereocenters. The van der Waals surface area contributed by atoms with Crippen LogP contribution in [0.5, 0.6) is 0 Å². The summed E-state index contributed by atoms with van der Waals surface area (Å²) in [4.78, 5) is 16.2. The predicted molar refractivity (Wildman–Crippen MR) is 91.1 cm³/mol. The Labute approximate surface area is 142 Å². The minimum Gasteiger partial charge on any atom is -0.376 e. The lowest BCUT2D eigenvalue weighted by molar-refractivity contribution is -0.00293. The van der Waals surface area contributed by atoms with Crippen molar-refractivity contribution in [3.8, 4) is 5.69 Å². The van der Waals surface area contributed by atoms with Crippen LogP contribution in [-0.2, 0) is 4.74 Å². The van der Waals surface area contributed by atoms with Gasteiger partial charge >= 0.3 is 0 Å². The summed E-state index contributed by atoms with van der Waals surface area (Å²) in [5.74, 6) is 0.520. The Morgan fingerprint density at radius 2 is 2.25 bits per heavy atom. The molecule has 0 aliphatic heterocycles. The van der Waals surface area contributed by atoms with Crippen molar-refractivity contribution in [1.82, 2.24) is 20.1 Å². The molecular formula is C18H24N4O2. The van der Waals surface area contributed by atoms with Gasteiger partial charge in [-0.05, 0) is 37.0 Å². The number of ether oxygens (including phenoxy) is 1. The molecule has 0 radical (unpaired) electrons. The zero-order chi connectivity index (χ0) is 16.8. The van der Waals surface area contributed by atoms with E-state index in [0.29, 0.717) is 30.7 Å². The molecule has 1 aliphatic rings. The first-order valence-corrected chi connectivity index (χ1v) is 8.59. The van der Waals surface area contributed by atoms with E-state index in [-0.39, 0.29) is 5.91 Å². The van der Waals surface area contributed by atoms with Gasteiger partial charge in [-0.15, -0.1) is 0 Å². The van der Waals surface area contributed by atoms with Crippen molar-refractivity contribution in [3.63, 3.8) is 0 Å². The Morgan fingerprint density at radius 1 is 1.38 bits per heavy atom. The second-order valence-corrected chi connectivity index (χ2v) is 6.32. The van der Waals surface area contributed by atoms with Gasteiger partial charge in [-0.2, -0.15) is 5.10 Å². The van der Waals surface area contributed by atoms with Crippen molar-refractivity contribution < 1.29 is 9.53 Å². The van der Waals surface area contributed by atoms with E-state index in [1.807, 2.05) is 12.1 Å². The van der Waals surface area contributed by atoms with Crippen molar-refractivity contribution in [2.24, 2.45) is 5.92 Å². The fourth-order valence-electron chi connectivity index (χ4n) is 3.14. The van der Waals surface area contributed by atoms with E-state index in [0.717, 1.165) is 12.1 Å². The number of benzene rings is 1. The fourth-order valence-corrected chi connectivity index (χ4v) is 3.14. The fraction of sp³-hybridized carbons (Fsp3) is 0.500. The number of hydrogen-bond donors (Lipinski definition) is 1. The smallest absolute Gasteiger partial charge is 0.251 e. The van der Waals surface area contributed by atoms with Gasteiger partial charge in [0.15, 0.2) is 0 Å². The molecular weight excluding hydrogens is 304 g/mol. The molecule has 1 fully saturated rings. The summed E-state index contributed by atoms with van der Waals surface area (Å²) in [6.07, 6.45) is 8.34. The molecule has 1 aromatic heterocycles. The SMILES string of the molecule is C[C@@H]1CCCC[C@H]1OCCNC(=O)c1cccc(-n2cncn2)c1. The van der Waals surface area contributed by atoms with E-state index in [1.54, 1.807) is 23.1 Å². The van der Waals surface area contributed by atoms with Crippen LogP contribution in [0.25, 0.3) is 5.69 Å². The van der Waals surface area contributed by atoms with E-state index in [9.17, 15) is 4.79 Å². The highest BCUT2D eigenvalue weighted by Crippen LogP contribution is 2.25. The quantitative estimate of drug-likeness (QED) is 0.828. The standard InChI is InChI=1S/C18H24N4O2/c1-14-5-2-3-8-17(14)24-10-9-20-18(23)15-6-4-7-16(11-15)22-13-19-12-21-22/h4,6-7,11-14,17H,2-3,5,8-10H2,1H3,(H,20,23)/t14-,17-/m1/s1. The number of aromatic nitrogens is 3. The first-order valence-electron chi connectivity index (χ1n) is 8.59. The molecule has 128 valence electrons. The summed E-state index contributed by atoms with van der Waals surface area (Å²) in [7, 11) is 0. The van der Waals surface area contributed by atoms with Gasteiger partial charge in [0.05, 0.1) is 18.4 Å². The summed E-state index contributed by atoms with van der Waals surface area (Å²) in [6, 6.07) is 7.32. The lowest BCUT2D eigenvalue weighted by Gasteiger charge is -2.28. The maximum Gasteiger partial charge on any atom is 0.251 e. The minimum absolute atomic E-state index is 0.0998. The number of carbonyl (C=O) groups excluding carboxylic acids is 1. The monoisotopic (exact) mass is 328 g/mol. The number of carbonyl (C=O) groups is 1. The third-order valence-corrected chi connectivity index (χ3v) is 4.54. The second-order valence-electron chi connectivity index (χ2n) is 6.32. The summed E-state index contributed by atoms with van der Waals surface area (Å²) < 4.78 is 7.56. The molecule has 6 nitrogen and oxygen atoms in total. The zero-order valence-corrected chi connectivity index (χ0v) is 14.0. The van der Waals surface area contributed by atoms with Crippen LogP contribution in [0.3, 0.4) is 0 Å². The molecule has 1 saturated carbocycles. The van der Waals surface area contributed by atoms with Crippen molar-refractivity contribution in [1.29, 1.82) is 0 Å². The Bertz CT molecular complexity index is 657. The zero-order valence-electron chi connectivity index (χ0n) is 14.0. The van der Waals surface area contributed by atoms with Crippen LogP contribution in [0.1, 0.15) is 43.0 Å². The van der Waals surface area contributed by atoms with Crippen molar-refractivity contribution in [2.75, 3.05) is 13.2 Å². The van der Waals surface area contributed by atoms with Crippen LogP contribution in [0.2, 0.25) is 0 Å². The molecule has 24 heavy (non-hydrogen) atoms. The van der Waals surface area contributed by atoms with Gasteiger partial charge in [0, 0.05) is 12.1 Å². The molecule has 1 aromatic carbocycles. The van der Waals surface area contributed by atoms with Gasteiger partial charge < -0.3 is 10.1 Å². The third-order valence-electron chi connectivity index (χ3n) is 4.54. The highest BCUT2D eigenvalue weighted by Gasteiger charge is 2.21. The lowest BCUT2D eigenvalue weighted by Crippen LogP contribution is -2.31. The van der Waals surface area contributed by atoms with Crippen LogP contribution < -0.4 is 5.32 Å². The van der Waals surface area contributed by atoms with Crippen molar-refractivity contribution in [3.05, 3.63) is 42.5 Å². The molecule has 1 amide bonds. The van der Waals surface area contributed by atoms with Crippen LogP contribution in [0.4, 0.5) is 0 Å². The highest BCUT2D eigenvalue weighted by molar-refractivity contribution is 5.94. The van der Waals surface area contributed by atoms with E-state index in [1.165, 1.54) is 25.6 Å². The first kappa shape index (κ1) is 16.6. The van der Waals surface area contributed by atoms with Crippen LogP contribution in [-0.4, -0.2) is 39.9 Å². The van der Waals surface area contributed by atoms with Crippen LogP contribution >= 0.6 is 0 Å². The normalized spacial score (nSPS) is 20.7. The number of hydrogen-bond acceptors (Lipinski definition) is 4. The van der Waals surface area contributed by atoms with Gasteiger partial charge in [-0.3, -0.25) is 4.79 Å². The molecule has 0 bridgehead atoms. The van der Waals surface area contributed by atoms with Crippen molar-refractivity contribution >= 4 is 5.91 Å². The summed E-state index contributed by atoms with van der Waals surface area (Å²) >= 11 is 0. The second kappa shape index (κ2) is 8.06. The van der Waals surface area contributed by atoms with Gasteiger partial charge in [-0.1, -0.05) is 25.8 Å². The van der Waals surface area contributed by atoms with Crippen LogP contribution in [0.15, 0.2) is 36.9 Å². The Balaban J connectivity index is 1.48. The van der Waals surface area contributed by atoms with Gasteiger partial charge in [0.2, 0.25) is 0 Å². The van der Waals surface area contributed by atoms with Gasteiger partial charge in [0.25, 0.3) is 5.91 Å². The van der Waals surface area contributed by atoms with Gasteiger partial charge in [0.1, 0.15) is 12.7 Å². The molecule has 0 spiro atoms. The van der Waals surface area contributed by atoms with Gasteiger partial charge in [-0.25, -0.2) is 9.67 Å². The lowest BCUT2D eigenvalue weighted by atomic mass is 9.88. The predicted octanol–water partition coefficient (Wildman–Crippen LogP) is 2.59. The molecule has 2 atom stereocenters. The summed E-state index contributed by atoms with van der Waals surface area (Å²) in [6.45, 7) is 3.33. The molecule has 0 saturated heterocycles. The average Bonchev–Trinajstić information content (AvgIpc) is 3.15. The summed E-state index contributed by atoms with van der Waals surface area (Å²) in [5, 5.41) is 6.99. The largest absolute Gasteiger partial charge is 0.376 e. The molecule has 2 aromatic rings. The number of nitrogens with zero attached hydrogens (tertiary/aromatic N) is 3. The molecule has 6 heteroatoms. The van der Waals surface area contributed by atoms with Crippen LogP contribution in [0, 0.1) is 5.92 Å². The Hall–Kier alpha value is -2.21. The van der Waals surface area contributed by atoms with E-state index < -0.39 is 0 Å². The minimum atomic E-state index is -0.0998. The average molecular weight is 328 g/mol. The molecule has 1 heterocycles. The summed E-state index contributed by atoms with van der Waals surface area (Å²) in [5.41, 5.74) is 1.42. The number of rotatable bonds is 6. The number of nitrogens with one attached hydrogen (secondary N) is 1. The third kappa shape index (κ3) is 4.20. The van der Waals surface area contributed by atoms with E-state index >= 15 is 0 Å². The maximum atomic E-state index is 12.3. The Morgan fingerprint density at radius 3 is 3.04 bits per heavy atom. The topological polar surface area (TPSA) is 69.0 Å². The maximum absolute atomic E-state index is 12.3. The highest BCUT2D eigenvalue weighted by atomic mass is 16.5. The molecule has 1 aliphatic carbocycles. The Kier molecular flexibility index (Phi) is 5.59. The van der Waals surface area contributed by atoms with E-state index in [4.69, 9.17) is 4.74 Å². The van der Waals surface area contributed by atoms with Crippen molar-refractivity contribution in [2.45, 2.75) is 38.7 Å². The van der Waals surface area contributed by atoms with E-state index in [2.05, 4.69) is 22.3 Å².